The van der Waals surface area contributed by atoms with E-state index in [1.54, 1.807) is 32.9 Å². The number of ether oxygens (including phenoxy) is 10. The van der Waals surface area contributed by atoms with E-state index in [1.165, 1.54) is 6.07 Å². The Hall–Kier alpha value is -4.12. The number of carbonyl (C=O) groups is 6. The van der Waals surface area contributed by atoms with Crippen LogP contribution in [-0.2, 0) is 61.8 Å². The van der Waals surface area contributed by atoms with Crippen LogP contribution in [0, 0.1) is 0 Å². The molecule has 62 heavy (non-hydrogen) atoms. The molecule has 2 heterocycles. The first-order chi connectivity index (χ1) is 30.0. The molecule has 2 aliphatic rings. The van der Waals surface area contributed by atoms with Crippen LogP contribution in [0.2, 0.25) is 0 Å². The fourth-order valence-electron chi connectivity index (χ4n) is 5.90. The molecule has 2 aliphatic heterocycles. The van der Waals surface area contributed by atoms with Gasteiger partial charge in [-0.3, -0.25) is 34.2 Å². The maximum atomic E-state index is 13.2. The smallest absolute Gasteiger partial charge is 0.407 e. The molecule has 1 atom stereocenters. The van der Waals surface area contributed by atoms with Crippen molar-refractivity contribution in [3.8, 4) is 0 Å². The van der Waals surface area contributed by atoms with Gasteiger partial charge in [-0.15, -0.1) is 0 Å². The Morgan fingerprint density at radius 1 is 0.645 bits per heavy atom. The van der Waals surface area contributed by atoms with Crippen LogP contribution in [0.3, 0.4) is 0 Å². The lowest BCUT2D eigenvalue weighted by Crippen LogP contribution is -2.54. The molecule has 0 bridgehead atoms. The molecule has 1 aromatic rings. The summed E-state index contributed by atoms with van der Waals surface area (Å²) in [7, 11) is 0. The standard InChI is InChI=1S/C42H66N4O16/c1-42(2,3)62-41(52)43-13-15-54-17-19-56-21-23-58-25-27-60-29-31-61-30-28-59-26-24-57-22-20-55-18-16-53-14-6-4-5-10-35(47)44-33-9-7-8-32-37(33)40(51)46(39(32)50)34-11-12-36(48)45-38(34)49/h7-9,34H,4-6,10-31H2,1-3H3,(H,43,52)(H,44,47)(H,45,48,49). The molecule has 0 saturated carbocycles. The second-order valence-electron chi connectivity index (χ2n) is 15.0. The predicted molar refractivity (Wildman–Crippen MR) is 222 cm³/mol. The number of hydrogen-bond donors (Lipinski definition) is 3. The van der Waals surface area contributed by atoms with Crippen LogP contribution in [0.1, 0.15) is 80.0 Å². The number of amides is 6. The molecule has 1 unspecified atom stereocenters. The third-order valence-electron chi connectivity index (χ3n) is 8.83. The van der Waals surface area contributed by atoms with Crippen molar-refractivity contribution in [2.45, 2.75) is 70.9 Å². The number of alkyl carbamates (subject to hydrolysis) is 1. The SMILES string of the molecule is CC(C)(C)OC(=O)NCCOCCOCCOCCOCCOCCOCCOCCOCCOCCCCCC(=O)Nc1cccc2c1C(=O)N(C1CCC(=O)NC1=O)C2=O. The van der Waals surface area contributed by atoms with E-state index < -0.39 is 41.4 Å². The highest BCUT2D eigenvalue weighted by Gasteiger charge is 2.45. The monoisotopic (exact) mass is 882 g/mol. The molecule has 0 aliphatic carbocycles. The zero-order valence-electron chi connectivity index (χ0n) is 36.5. The van der Waals surface area contributed by atoms with Crippen molar-refractivity contribution >= 4 is 41.3 Å². The molecule has 0 spiro atoms. The molecule has 3 rings (SSSR count). The van der Waals surface area contributed by atoms with Gasteiger partial charge in [0.1, 0.15) is 11.6 Å². The molecule has 0 radical (unpaired) electrons. The van der Waals surface area contributed by atoms with Gasteiger partial charge in [-0.05, 0) is 52.2 Å². The van der Waals surface area contributed by atoms with Gasteiger partial charge in [0, 0.05) is 26.0 Å². The van der Waals surface area contributed by atoms with Crippen LogP contribution in [0.5, 0.6) is 0 Å². The number of imide groups is 2. The number of carbonyl (C=O) groups excluding carboxylic acids is 6. The van der Waals surface area contributed by atoms with Crippen LogP contribution < -0.4 is 16.0 Å². The first kappa shape index (κ1) is 52.2. The molecule has 20 heteroatoms. The number of nitrogens with one attached hydrogen (secondary N) is 3. The lowest BCUT2D eigenvalue weighted by atomic mass is 10.0. The molecule has 350 valence electrons. The number of rotatable bonds is 35. The zero-order chi connectivity index (χ0) is 44.8. The summed E-state index contributed by atoms with van der Waals surface area (Å²) in [5, 5.41) is 7.53. The minimum Gasteiger partial charge on any atom is -0.444 e. The molecular formula is C42H66N4O16. The van der Waals surface area contributed by atoms with Gasteiger partial charge in [-0.25, -0.2) is 4.79 Å². The fraction of sp³-hybridized carbons (Fsp3) is 0.714. The van der Waals surface area contributed by atoms with Crippen LogP contribution >= 0.6 is 0 Å². The summed E-state index contributed by atoms with van der Waals surface area (Å²) in [4.78, 5) is 75.1. The van der Waals surface area contributed by atoms with E-state index in [2.05, 4.69) is 16.0 Å². The van der Waals surface area contributed by atoms with Crippen molar-refractivity contribution < 1.29 is 76.1 Å². The van der Waals surface area contributed by atoms with E-state index in [-0.39, 0.29) is 42.0 Å². The highest BCUT2D eigenvalue weighted by atomic mass is 16.6. The minimum absolute atomic E-state index is 0.0251. The van der Waals surface area contributed by atoms with Crippen LogP contribution in [0.15, 0.2) is 18.2 Å². The van der Waals surface area contributed by atoms with Crippen molar-refractivity contribution in [3.63, 3.8) is 0 Å². The maximum Gasteiger partial charge on any atom is 0.407 e. The normalized spacial score (nSPS) is 15.2. The fourth-order valence-corrected chi connectivity index (χ4v) is 5.90. The second kappa shape index (κ2) is 30.8. The summed E-state index contributed by atoms with van der Waals surface area (Å²) in [5.74, 6) is -2.73. The molecule has 0 aromatic heterocycles. The average Bonchev–Trinajstić information content (AvgIpc) is 3.48. The van der Waals surface area contributed by atoms with Crippen molar-refractivity contribution in [1.82, 2.24) is 15.5 Å². The Balaban J connectivity index is 1.000. The molecular weight excluding hydrogens is 816 g/mol. The third-order valence-corrected chi connectivity index (χ3v) is 8.83. The number of hydrogen-bond acceptors (Lipinski definition) is 16. The Labute approximate surface area is 363 Å². The lowest BCUT2D eigenvalue weighted by molar-refractivity contribution is -0.136. The molecule has 6 amide bonds. The van der Waals surface area contributed by atoms with Crippen molar-refractivity contribution in [3.05, 3.63) is 29.3 Å². The summed E-state index contributed by atoms with van der Waals surface area (Å²) in [6, 6.07) is 3.52. The van der Waals surface area contributed by atoms with E-state index in [1.807, 2.05) is 0 Å². The van der Waals surface area contributed by atoms with Crippen molar-refractivity contribution in [1.29, 1.82) is 0 Å². The highest BCUT2D eigenvalue weighted by Crippen LogP contribution is 2.32. The average molecular weight is 883 g/mol. The Morgan fingerprint density at radius 2 is 1.13 bits per heavy atom. The minimum atomic E-state index is -1.08. The summed E-state index contributed by atoms with van der Waals surface area (Å²) in [6.45, 7) is 13.9. The number of unbranched alkanes of at least 4 members (excludes halogenated alkanes) is 2. The first-order valence-corrected chi connectivity index (χ1v) is 21.3. The molecule has 1 aromatic carbocycles. The zero-order valence-corrected chi connectivity index (χ0v) is 36.5. The summed E-state index contributed by atoms with van der Waals surface area (Å²) < 4.78 is 54.5. The van der Waals surface area contributed by atoms with Gasteiger partial charge < -0.3 is 58.0 Å². The Bertz CT molecular complexity index is 1520. The van der Waals surface area contributed by atoms with Gasteiger partial charge >= 0.3 is 6.09 Å². The first-order valence-electron chi connectivity index (χ1n) is 21.3. The second-order valence-corrected chi connectivity index (χ2v) is 15.0. The largest absolute Gasteiger partial charge is 0.444 e. The van der Waals surface area contributed by atoms with Crippen LogP contribution in [0.25, 0.3) is 0 Å². The number of benzene rings is 1. The number of nitrogens with zero attached hydrogens (tertiary/aromatic N) is 1. The third kappa shape index (κ3) is 21.8. The quantitative estimate of drug-likeness (QED) is 0.0655. The van der Waals surface area contributed by atoms with E-state index in [9.17, 15) is 28.8 Å². The Morgan fingerprint density at radius 3 is 1.61 bits per heavy atom. The van der Waals surface area contributed by atoms with Gasteiger partial charge in [0.2, 0.25) is 17.7 Å². The van der Waals surface area contributed by atoms with Gasteiger partial charge in [0.05, 0.1) is 129 Å². The highest BCUT2D eigenvalue weighted by molar-refractivity contribution is 6.26. The van der Waals surface area contributed by atoms with Gasteiger partial charge in [0.25, 0.3) is 11.8 Å². The summed E-state index contributed by atoms with van der Waals surface area (Å²) >= 11 is 0. The molecule has 1 saturated heterocycles. The van der Waals surface area contributed by atoms with E-state index >= 15 is 0 Å². The summed E-state index contributed by atoms with van der Waals surface area (Å²) in [6.07, 6.45) is 1.96. The van der Waals surface area contributed by atoms with E-state index in [0.717, 1.165) is 17.7 Å². The number of piperidine rings is 1. The maximum absolute atomic E-state index is 13.2. The van der Waals surface area contributed by atoms with Crippen molar-refractivity contribution in [2.75, 3.05) is 131 Å². The van der Waals surface area contributed by atoms with E-state index in [0.29, 0.717) is 132 Å². The molecule has 20 nitrogen and oxygen atoms in total. The lowest BCUT2D eigenvalue weighted by Gasteiger charge is -2.27. The molecule has 3 N–H and O–H groups in total. The van der Waals surface area contributed by atoms with Gasteiger partial charge in [-0.2, -0.15) is 0 Å². The number of fused-ring (bicyclic) bond motifs is 1. The van der Waals surface area contributed by atoms with Crippen LogP contribution in [-0.4, -0.2) is 178 Å². The van der Waals surface area contributed by atoms with Crippen LogP contribution in [0.4, 0.5) is 10.5 Å². The Kier molecular flexibility index (Phi) is 26.0. The van der Waals surface area contributed by atoms with E-state index in [4.69, 9.17) is 47.4 Å². The summed E-state index contributed by atoms with van der Waals surface area (Å²) in [5.41, 5.74) is -0.155. The molecule has 1 fully saturated rings. The van der Waals surface area contributed by atoms with Gasteiger partial charge in [-0.1, -0.05) is 12.5 Å². The topological polar surface area (TPSA) is 234 Å². The predicted octanol–water partition coefficient (Wildman–Crippen LogP) is 2.26. The van der Waals surface area contributed by atoms with Gasteiger partial charge in [0.15, 0.2) is 0 Å². The number of anilines is 1. The van der Waals surface area contributed by atoms with Crippen molar-refractivity contribution in [2.24, 2.45) is 0 Å².